The Balaban J connectivity index is 1.89. The van der Waals surface area contributed by atoms with Crippen LogP contribution < -0.4 is 10.6 Å². The van der Waals surface area contributed by atoms with Gasteiger partial charge in [-0.15, -0.1) is 0 Å². The number of nitrogens with zero attached hydrogens (tertiary/aromatic N) is 1. The molecule has 0 saturated carbocycles. The number of halogens is 1. The molecule has 106 valence electrons. The van der Waals surface area contributed by atoms with Gasteiger partial charge in [-0.1, -0.05) is 12.1 Å². The van der Waals surface area contributed by atoms with Crippen molar-refractivity contribution in [2.45, 2.75) is 0 Å². The predicted octanol–water partition coefficient (Wildman–Crippen LogP) is 0.137. The van der Waals surface area contributed by atoms with Crippen LogP contribution in [0.25, 0.3) is 0 Å². The summed E-state index contributed by atoms with van der Waals surface area (Å²) in [5.41, 5.74) is 0.469. The first-order valence-electron chi connectivity index (χ1n) is 6.15. The molecule has 1 fully saturated rings. The molecule has 6 nitrogen and oxygen atoms in total. The lowest BCUT2D eigenvalue weighted by molar-refractivity contribution is -0.137. The van der Waals surface area contributed by atoms with Gasteiger partial charge in [-0.25, -0.2) is 0 Å². The molecule has 0 bridgehead atoms. The number of benzene rings is 1. The minimum Gasteiger partial charge on any atom is -0.353 e. The summed E-state index contributed by atoms with van der Waals surface area (Å²) in [6.07, 6.45) is 0. The quantitative estimate of drug-likeness (QED) is 0.822. The van der Waals surface area contributed by atoms with Crippen LogP contribution in [-0.4, -0.2) is 48.8 Å². The maximum absolute atomic E-state index is 11.9. The zero-order valence-electron chi connectivity index (χ0n) is 10.7. The van der Waals surface area contributed by atoms with Crippen LogP contribution in [0, 0.1) is 0 Å². The summed E-state index contributed by atoms with van der Waals surface area (Å²) in [4.78, 5) is 36.4. The molecule has 2 N–H and O–H groups in total. The van der Waals surface area contributed by atoms with Gasteiger partial charge in [0.1, 0.15) is 0 Å². The monoisotopic (exact) mass is 339 g/mol. The molecule has 7 heteroatoms. The lowest BCUT2D eigenvalue weighted by Crippen LogP contribution is -2.52. The maximum Gasteiger partial charge on any atom is 0.252 e. The van der Waals surface area contributed by atoms with Gasteiger partial charge in [0, 0.05) is 17.6 Å². The molecule has 1 aromatic rings. The van der Waals surface area contributed by atoms with E-state index >= 15 is 0 Å². The van der Waals surface area contributed by atoms with Gasteiger partial charge in [0.2, 0.25) is 11.8 Å². The summed E-state index contributed by atoms with van der Waals surface area (Å²) < 4.78 is 0.669. The van der Waals surface area contributed by atoms with E-state index in [-0.39, 0.29) is 30.8 Å². The predicted molar refractivity (Wildman–Crippen MR) is 76.1 cm³/mol. The first-order valence-corrected chi connectivity index (χ1v) is 6.94. The van der Waals surface area contributed by atoms with Crippen molar-refractivity contribution in [2.24, 2.45) is 0 Å². The van der Waals surface area contributed by atoms with Crippen LogP contribution in [0.15, 0.2) is 28.7 Å². The topological polar surface area (TPSA) is 78.5 Å². The van der Waals surface area contributed by atoms with Gasteiger partial charge >= 0.3 is 0 Å². The summed E-state index contributed by atoms with van der Waals surface area (Å²) in [5.74, 6) is -0.769. The fraction of sp³-hybridized carbons (Fsp3) is 0.308. The van der Waals surface area contributed by atoms with Crippen LogP contribution >= 0.6 is 15.9 Å². The molecule has 0 aromatic heterocycles. The van der Waals surface area contributed by atoms with Crippen molar-refractivity contribution in [2.75, 3.05) is 26.2 Å². The lowest BCUT2D eigenvalue weighted by atomic mass is 10.2. The second-order valence-corrected chi connectivity index (χ2v) is 5.18. The van der Waals surface area contributed by atoms with Gasteiger partial charge in [0.25, 0.3) is 5.91 Å². The van der Waals surface area contributed by atoms with Gasteiger partial charge in [0.05, 0.1) is 18.7 Å². The van der Waals surface area contributed by atoms with E-state index in [0.717, 1.165) is 0 Å². The zero-order chi connectivity index (χ0) is 14.5. The average Bonchev–Trinajstić information content (AvgIpc) is 2.45. The molecule has 1 aliphatic heterocycles. The molecule has 3 amide bonds. The Kier molecular flexibility index (Phi) is 4.73. The molecule has 0 aliphatic carbocycles. The van der Waals surface area contributed by atoms with Crippen molar-refractivity contribution >= 4 is 33.7 Å². The normalized spacial score (nSPS) is 14.7. The van der Waals surface area contributed by atoms with Gasteiger partial charge < -0.3 is 15.5 Å². The number of piperazine rings is 1. The Bertz CT molecular complexity index is 547. The maximum atomic E-state index is 11.9. The molecule has 0 radical (unpaired) electrons. The third-order valence-corrected chi connectivity index (χ3v) is 3.60. The average molecular weight is 340 g/mol. The number of carbonyl (C=O) groups excluding carboxylic acids is 3. The SMILES string of the molecule is O=C1CN(C(=O)CNC(=O)c2ccccc2Br)CCN1. The fourth-order valence-corrected chi connectivity index (χ4v) is 2.32. The van der Waals surface area contributed by atoms with Gasteiger partial charge in [0.15, 0.2) is 0 Å². The molecular formula is C13H14BrN3O3. The Morgan fingerprint density at radius 2 is 2.10 bits per heavy atom. The van der Waals surface area contributed by atoms with Crippen LogP contribution in [0.3, 0.4) is 0 Å². The van der Waals surface area contributed by atoms with E-state index in [9.17, 15) is 14.4 Å². The number of rotatable bonds is 3. The van der Waals surface area contributed by atoms with Crippen molar-refractivity contribution in [3.05, 3.63) is 34.3 Å². The Hall–Kier alpha value is -1.89. The first-order chi connectivity index (χ1) is 9.58. The van der Waals surface area contributed by atoms with E-state index in [4.69, 9.17) is 0 Å². The second kappa shape index (κ2) is 6.51. The second-order valence-electron chi connectivity index (χ2n) is 4.33. The Morgan fingerprint density at radius 1 is 1.35 bits per heavy atom. The van der Waals surface area contributed by atoms with Gasteiger partial charge in [-0.2, -0.15) is 0 Å². The summed E-state index contributed by atoms with van der Waals surface area (Å²) in [7, 11) is 0. The van der Waals surface area contributed by atoms with Crippen molar-refractivity contribution in [3.63, 3.8) is 0 Å². The number of hydrogen-bond donors (Lipinski definition) is 2. The van der Waals surface area contributed by atoms with Crippen LogP contribution in [0.2, 0.25) is 0 Å². The van der Waals surface area contributed by atoms with Crippen molar-refractivity contribution in [1.29, 1.82) is 0 Å². The Labute approximate surface area is 124 Å². The molecule has 20 heavy (non-hydrogen) atoms. The van der Waals surface area contributed by atoms with E-state index in [2.05, 4.69) is 26.6 Å². The standard InChI is InChI=1S/C13H14BrN3O3/c14-10-4-2-1-3-9(10)13(20)16-7-12(19)17-6-5-15-11(18)8-17/h1-4H,5-8H2,(H,15,18)(H,16,20). The molecule has 1 aromatic carbocycles. The minimum atomic E-state index is -0.327. The van der Waals surface area contributed by atoms with Crippen LogP contribution in [0.4, 0.5) is 0 Å². The van der Waals surface area contributed by atoms with E-state index < -0.39 is 0 Å². The molecule has 0 atom stereocenters. The van der Waals surface area contributed by atoms with Crippen LogP contribution in [0.1, 0.15) is 10.4 Å². The smallest absolute Gasteiger partial charge is 0.252 e. The fourth-order valence-electron chi connectivity index (χ4n) is 1.86. The number of amides is 3. The van der Waals surface area contributed by atoms with Crippen molar-refractivity contribution < 1.29 is 14.4 Å². The van der Waals surface area contributed by atoms with Crippen molar-refractivity contribution in [3.8, 4) is 0 Å². The van der Waals surface area contributed by atoms with E-state index in [0.29, 0.717) is 23.1 Å². The van der Waals surface area contributed by atoms with E-state index in [1.807, 2.05) is 0 Å². The first kappa shape index (κ1) is 14.5. The molecule has 1 heterocycles. The van der Waals surface area contributed by atoms with Crippen LogP contribution in [0.5, 0.6) is 0 Å². The largest absolute Gasteiger partial charge is 0.353 e. The molecular weight excluding hydrogens is 326 g/mol. The molecule has 0 spiro atoms. The summed E-state index contributed by atoms with van der Waals surface area (Å²) >= 11 is 3.28. The summed E-state index contributed by atoms with van der Waals surface area (Å²) in [6.45, 7) is 0.843. The zero-order valence-corrected chi connectivity index (χ0v) is 12.3. The highest BCUT2D eigenvalue weighted by molar-refractivity contribution is 9.10. The van der Waals surface area contributed by atoms with E-state index in [1.54, 1.807) is 24.3 Å². The minimum absolute atomic E-state index is 0.0454. The van der Waals surface area contributed by atoms with Gasteiger partial charge in [-0.05, 0) is 28.1 Å². The molecule has 1 aliphatic rings. The molecule has 1 saturated heterocycles. The summed E-state index contributed by atoms with van der Waals surface area (Å²) in [6, 6.07) is 6.97. The highest BCUT2D eigenvalue weighted by Crippen LogP contribution is 2.15. The Morgan fingerprint density at radius 3 is 2.80 bits per heavy atom. The third-order valence-electron chi connectivity index (χ3n) is 2.91. The number of hydrogen-bond acceptors (Lipinski definition) is 3. The van der Waals surface area contributed by atoms with Crippen LogP contribution in [-0.2, 0) is 9.59 Å². The highest BCUT2D eigenvalue weighted by atomic mass is 79.9. The van der Waals surface area contributed by atoms with E-state index in [1.165, 1.54) is 4.90 Å². The number of carbonyl (C=O) groups is 3. The number of nitrogens with one attached hydrogen (secondary N) is 2. The highest BCUT2D eigenvalue weighted by Gasteiger charge is 2.21. The summed E-state index contributed by atoms with van der Waals surface area (Å²) in [5, 5.41) is 5.20. The van der Waals surface area contributed by atoms with Crippen molar-refractivity contribution in [1.82, 2.24) is 15.5 Å². The molecule has 2 rings (SSSR count). The van der Waals surface area contributed by atoms with Gasteiger partial charge in [-0.3, -0.25) is 14.4 Å². The third kappa shape index (κ3) is 3.57. The lowest BCUT2D eigenvalue weighted by Gasteiger charge is -2.26. The molecule has 0 unspecified atom stereocenters.